The lowest BCUT2D eigenvalue weighted by Gasteiger charge is -2.26. The fraction of sp³-hybridized carbons (Fsp3) is 0. The summed E-state index contributed by atoms with van der Waals surface area (Å²) in [5.41, 5.74) is 26.8. The predicted molar refractivity (Wildman–Crippen MR) is 455 cm³/mol. The van der Waals surface area contributed by atoms with Crippen molar-refractivity contribution in [2.45, 2.75) is 0 Å². The summed E-state index contributed by atoms with van der Waals surface area (Å²) in [5.74, 6) is 0. The molecule has 0 atom stereocenters. The van der Waals surface area contributed by atoms with Crippen LogP contribution in [0, 0.1) is 0 Å². The van der Waals surface area contributed by atoms with Gasteiger partial charge < -0.3 is 28.1 Å². The van der Waals surface area contributed by atoms with Crippen LogP contribution < -0.4 is 9.80 Å². The number of hydrogen-bond donors (Lipinski definition) is 0. The average Bonchev–Trinajstić information content (AvgIpc) is 1.63. The summed E-state index contributed by atoms with van der Waals surface area (Å²) >= 11 is 0. The van der Waals surface area contributed by atoms with E-state index in [0.717, 1.165) is 112 Å². The van der Waals surface area contributed by atoms with E-state index in [0.29, 0.717) is 0 Å². The maximum Gasteiger partial charge on any atom is 0.0542 e. The third kappa shape index (κ3) is 10.6. The molecule has 21 aromatic rings. The van der Waals surface area contributed by atoms with Gasteiger partial charge in [-0.1, -0.05) is 231 Å². The topological polar surface area (TPSA) is 26.2 Å². The Bertz CT molecular complexity index is 6570. The van der Waals surface area contributed by atoms with Gasteiger partial charge in [-0.3, -0.25) is 0 Å². The molecule has 17 aromatic carbocycles. The molecule has 4 aromatic heterocycles. The molecule has 0 fully saturated rings. The van der Waals surface area contributed by atoms with Crippen molar-refractivity contribution in [1.82, 2.24) is 18.3 Å². The number of benzene rings is 17. The van der Waals surface area contributed by atoms with Gasteiger partial charge in [0.15, 0.2) is 0 Å². The summed E-state index contributed by atoms with van der Waals surface area (Å²) in [6.07, 6.45) is 0. The molecular weight excluding hydrogens is 1310 g/mol. The Morgan fingerprint density at radius 2 is 0.444 bits per heavy atom. The van der Waals surface area contributed by atoms with Gasteiger partial charge in [-0.25, -0.2) is 0 Å². The molecule has 0 unspecified atom stereocenters. The second kappa shape index (κ2) is 25.7. The molecule has 0 spiro atoms. The van der Waals surface area contributed by atoms with Crippen LogP contribution in [-0.2, 0) is 0 Å². The van der Waals surface area contributed by atoms with E-state index in [9.17, 15) is 0 Å². The Morgan fingerprint density at radius 1 is 0.148 bits per heavy atom. The Labute approximate surface area is 625 Å². The minimum atomic E-state index is 1.05. The number of rotatable bonds is 14. The van der Waals surface area contributed by atoms with E-state index in [1.165, 1.54) is 76.4 Å². The highest BCUT2D eigenvalue weighted by molar-refractivity contribution is 6.13. The van der Waals surface area contributed by atoms with Crippen LogP contribution in [0.1, 0.15) is 0 Å². The minimum Gasteiger partial charge on any atom is -0.310 e. The summed E-state index contributed by atoms with van der Waals surface area (Å²) in [7, 11) is 0. The fourth-order valence-corrected chi connectivity index (χ4v) is 16.8. The van der Waals surface area contributed by atoms with E-state index in [-0.39, 0.29) is 0 Å². The van der Waals surface area contributed by atoms with Crippen molar-refractivity contribution in [2.75, 3.05) is 9.80 Å². The molecule has 0 aliphatic carbocycles. The van der Waals surface area contributed by atoms with Gasteiger partial charge in [-0.05, 0) is 237 Å². The standard InChI is InChI=1S/C102H68N6/c1-5-21-69(22-6-1)73-41-45-83(46-42-73)103(89-57-59-97-93(67-89)91-33-17-19-35-95(91)105(97)81-29-9-3-10-30-81)85-49-53-87(54-50-85)107-99(77-39-37-71-25-13-15-27-75(71)61-77)63-79-66-102-80(65-101(79)107)64-100(78-40-38-72-26-14-16-28-76(72)62-78)108(102)88-55-51-86(52-56-88)104(84-47-43-74(44-48-84)70-23-7-2-8-24-70)90-58-60-98-94(68-90)92-34-18-20-36-96(92)106(98)82-31-11-4-12-32-82/h1-68H. The number of hydrogen-bond acceptors (Lipinski definition) is 2. The molecule has 506 valence electrons. The van der Waals surface area contributed by atoms with Crippen LogP contribution in [0.3, 0.4) is 0 Å². The van der Waals surface area contributed by atoms with E-state index < -0.39 is 0 Å². The van der Waals surface area contributed by atoms with Crippen molar-refractivity contribution >= 4 is 121 Å². The maximum atomic E-state index is 2.48. The Kier molecular flexibility index (Phi) is 14.8. The third-order valence-electron chi connectivity index (χ3n) is 21.9. The number of anilines is 6. The van der Waals surface area contributed by atoms with Crippen molar-refractivity contribution < 1.29 is 0 Å². The Balaban J connectivity index is 0.724. The molecular formula is C102H68N6. The summed E-state index contributed by atoms with van der Waals surface area (Å²) in [6.45, 7) is 0. The lowest BCUT2D eigenvalue weighted by Crippen LogP contribution is -2.10. The molecule has 0 bridgehead atoms. The van der Waals surface area contributed by atoms with Crippen LogP contribution in [-0.4, -0.2) is 18.3 Å². The summed E-state index contributed by atoms with van der Waals surface area (Å²) < 4.78 is 9.73. The summed E-state index contributed by atoms with van der Waals surface area (Å²) in [6, 6.07) is 151. The minimum absolute atomic E-state index is 1.05. The quantitative estimate of drug-likeness (QED) is 0.108. The monoisotopic (exact) mass is 1380 g/mol. The normalized spacial score (nSPS) is 11.7. The molecule has 4 heterocycles. The lowest BCUT2D eigenvalue weighted by atomic mass is 10.0. The van der Waals surface area contributed by atoms with Crippen LogP contribution >= 0.6 is 0 Å². The molecule has 6 nitrogen and oxygen atoms in total. The average molecular weight is 1380 g/mol. The maximum absolute atomic E-state index is 2.48. The summed E-state index contributed by atoms with van der Waals surface area (Å²) in [4.78, 5) is 4.81. The lowest BCUT2D eigenvalue weighted by molar-refractivity contribution is 1.13. The largest absolute Gasteiger partial charge is 0.310 e. The molecule has 0 amide bonds. The second-order valence-electron chi connectivity index (χ2n) is 28.1. The van der Waals surface area contributed by atoms with Crippen LogP contribution in [0.4, 0.5) is 34.1 Å². The molecule has 0 radical (unpaired) electrons. The first-order valence-corrected chi connectivity index (χ1v) is 37.0. The zero-order valence-electron chi connectivity index (χ0n) is 58.9. The van der Waals surface area contributed by atoms with Gasteiger partial charge in [0.2, 0.25) is 0 Å². The zero-order valence-corrected chi connectivity index (χ0v) is 58.9. The molecule has 108 heavy (non-hydrogen) atoms. The first kappa shape index (κ1) is 62.1. The third-order valence-corrected chi connectivity index (χ3v) is 21.9. The van der Waals surface area contributed by atoms with Crippen molar-refractivity contribution in [3.63, 3.8) is 0 Å². The number of aromatic nitrogens is 4. The van der Waals surface area contributed by atoms with Crippen molar-refractivity contribution in [3.05, 3.63) is 413 Å². The van der Waals surface area contributed by atoms with Crippen molar-refractivity contribution in [1.29, 1.82) is 0 Å². The SMILES string of the molecule is c1ccc(-c2ccc(N(c3ccc(-n4c(-c5ccc6ccccc6c5)cc5cc6c(cc(-c7ccc8ccccc8c7)n6-c6ccc(N(c7ccc(-c8ccccc8)cc7)c7ccc8c(c7)c7ccccc7n8-c7ccccc7)cc6)cc54)cc3)c3ccc4c(c3)c3ccccc3n4-c3ccccc3)cc2)cc1. The number of fused-ring (bicyclic) bond motifs is 10. The van der Waals surface area contributed by atoms with Gasteiger partial charge in [0.25, 0.3) is 0 Å². The van der Waals surface area contributed by atoms with E-state index in [4.69, 9.17) is 0 Å². The van der Waals surface area contributed by atoms with Crippen molar-refractivity contribution in [2.24, 2.45) is 0 Å². The van der Waals surface area contributed by atoms with E-state index in [2.05, 4.69) is 441 Å². The molecule has 0 saturated carbocycles. The Morgan fingerprint density at radius 3 is 0.843 bits per heavy atom. The van der Waals surface area contributed by atoms with Gasteiger partial charge in [-0.2, -0.15) is 0 Å². The van der Waals surface area contributed by atoms with E-state index in [1.54, 1.807) is 0 Å². The van der Waals surface area contributed by atoms with Gasteiger partial charge >= 0.3 is 0 Å². The van der Waals surface area contributed by atoms with Gasteiger partial charge in [0.1, 0.15) is 0 Å². The van der Waals surface area contributed by atoms with Gasteiger partial charge in [0, 0.05) is 89.2 Å². The van der Waals surface area contributed by atoms with Crippen LogP contribution in [0.2, 0.25) is 0 Å². The number of nitrogens with zero attached hydrogens (tertiary/aromatic N) is 6. The predicted octanol–water partition coefficient (Wildman–Crippen LogP) is 27.7. The smallest absolute Gasteiger partial charge is 0.0542 e. The fourth-order valence-electron chi connectivity index (χ4n) is 16.8. The van der Waals surface area contributed by atoms with Crippen molar-refractivity contribution in [3.8, 4) is 67.5 Å². The Hall–Kier alpha value is -14.5. The van der Waals surface area contributed by atoms with Gasteiger partial charge in [-0.15, -0.1) is 0 Å². The van der Waals surface area contributed by atoms with Crippen LogP contribution in [0.5, 0.6) is 0 Å². The molecule has 0 aliphatic rings. The zero-order chi connectivity index (χ0) is 71.2. The van der Waals surface area contributed by atoms with Crippen LogP contribution in [0.25, 0.3) is 154 Å². The van der Waals surface area contributed by atoms with E-state index >= 15 is 0 Å². The first-order chi connectivity index (χ1) is 53.5. The summed E-state index contributed by atoms with van der Waals surface area (Å²) in [5, 5.41) is 11.9. The molecule has 0 aliphatic heterocycles. The number of para-hydroxylation sites is 4. The second-order valence-corrected chi connectivity index (χ2v) is 28.1. The molecule has 21 rings (SSSR count). The van der Waals surface area contributed by atoms with Gasteiger partial charge in [0.05, 0.1) is 44.5 Å². The van der Waals surface area contributed by atoms with Crippen LogP contribution in [0.15, 0.2) is 413 Å². The molecule has 0 N–H and O–H groups in total. The highest BCUT2D eigenvalue weighted by Crippen LogP contribution is 2.46. The highest BCUT2D eigenvalue weighted by Gasteiger charge is 2.24. The van der Waals surface area contributed by atoms with E-state index in [1.807, 2.05) is 0 Å². The molecule has 6 heteroatoms. The molecule has 0 saturated heterocycles. The highest BCUT2D eigenvalue weighted by atomic mass is 15.2. The first-order valence-electron chi connectivity index (χ1n) is 37.0.